The lowest BCUT2D eigenvalue weighted by Gasteiger charge is -2.15. The quantitative estimate of drug-likeness (QED) is 0.876. The number of primary amides is 1. The van der Waals surface area contributed by atoms with Gasteiger partial charge >= 0.3 is 0 Å². The second kappa shape index (κ2) is 5.09. The molecule has 0 fully saturated rings. The van der Waals surface area contributed by atoms with Crippen LogP contribution in [0.1, 0.15) is 40.5 Å². The number of rotatable bonds is 4. The van der Waals surface area contributed by atoms with Gasteiger partial charge in [0.2, 0.25) is 0 Å². The van der Waals surface area contributed by atoms with Crippen LogP contribution in [0.15, 0.2) is 22.9 Å². The van der Waals surface area contributed by atoms with Gasteiger partial charge in [-0.25, -0.2) is 0 Å². The maximum absolute atomic E-state index is 11.1. The molecule has 0 aliphatic carbocycles. The minimum atomic E-state index is -0.548. The summed E-state index contributed by atoms with van der Waals surface area (Å²) >= 11 is 0. The van der Waals surface area contributed by atoms with Crippen LogP contribution in [-0.2, 0) is 0 Å². The number of pyridine rings is 1. The fourth-order valence-corrected chi connectivity index (χ4v) is 2.09. The first-order chi connectivity index (χ1) is 8.99. The van der Waals surface area contributed by atoms with Gasteiger partial charge in [-0.15, -0.1) is 0 Å². The van der Waals surface area contributed by atoms with Gasteiger partial charge in [-0.05, 0) is 32.9 Å². The van der Waals surface area contributed by atoms with Gasteiger partial charge < -0.3 is 15.6 Å². The molecule has 6 nitrogen and oxygen atoms in total. The minimum Gasteiger partial charge on any atom is -0.378 e. The first-order valence-corrected chi connectivity index (χ1v) is 5.94. The molecule has 6 heteroatoms. The number of hydrogen-bond donors (Lipinski definition) is 2. The van der Waals surface area contributed by atoms with Gasteiger partial charge in [-0.1, -0.05) is 5.16 Å². The highest BCUT2D eigenvalue weighted by atomic mass is 16.5. The van der Waals surface area contributed by atoms with E-state index in [-0.39, 0.29) is 11.7 Å². The lowest BCUT2D eigenvalue weighted by atomic mass is 10.1. The molecule has 0 spiro atoms. The predicted octanol–water partition coefficient (Wildman–Crippen LogP) is 1.96. The molecule has 2 rings (SSSR count). The van der Waals surface area contributed by atoms with E-state index in [1.54, 1.807) is 18.3 Å². The van der Waals surface area contributed by atoms with Crippen molar-refractivity contribution in [3.63, 3.8) is 0 Å². The average Bonchev–Trinajstić information content (AvgIpc) is 2.69. The zero-order valence-electron chi connectivity index (χ0n) is 11.1. The van der Waals surface area contributed by atoms with Crippen molar-refractivity contribution in [1.29, 1.82) is 0 Å². The highest BCUT2D eigenvalue weighted by Gasteiger charge is 2.16. The molecular formula is C13H16N4O2. The van der Waals surface area contributed by atoms with E-state index in [1.165, 1.54) is 0 Å². The molecule has 0 aliphatic rings. The Kier molecular flexibility index (Phi) is 3.50. The van der Waals surface area contributed by atoms with E-state index < -0.39 is 5.91 Å². The number of aromatic nitrogens is 2. The third kappa shape index (κ3) is 2.73. The fourth-order valence-electron chi connectivity index (χ4n) is 2.09. The van der Waals surface area contributed by atoms with Gasteiger partial charge in [0.05, 0.1) is 11.7 Å². The molecule has 0 aromatic carbocycles. The molecule has 19 heavy (non-hydrogen) atoms. The van der Waals surface area contributed by atoms with Gasteiger partial charge in [-0.2, -0.15) is 0 Å². The minimum absolute atomic E-state index is 0.00868. The highest BCUT2D eigenvalue weighted by Crippen LogP contribution is 2.24. The summed E-state index contributed by atoms with van der Waals surface area (Å²) in [6.45, 7) is 5.76. The van der Waals surface area contributed by atoms with Crippen molar-refractivity contribution in [3.05, 3.63) is 41.0 Å². The number of nitrogens with zero attached hydrogens (tertiary/aromatic N) is 2. The highest BCUT2D eigenvalue weighted by molar-refractivity contribution is 5.91. The lowest BCUT2D eigenvalue weighted by Crippen LogP contribution is -2.14. The second-order valence-electron chi connectivity index (χ2n) is 4.40. The van der Waals surface area contributed by atoms with Crippen molar-refractivity contribution in [2.45, 2.75) is 26.8 Å². The van der Waals surface area contributed by atoms with E-state index in [1.807, 2.05) is 20.8 Å². The van der Waals surface area contributed by atoms with Crippen molar-refractivity contribution in [2.75, 3.05) is 5.32 Å². The monoisotopic (exact) mass is 260 g/mol. The van der Waals surface area contributed by atoms with Gasteiger partial charge in [0, 0.05) is 17.4 Å². The summed E-state index contributed by atoms with van der Waals surface area (Å²) in [6.07, 6.45) is 1.54. The van der Waals surface area contributed by atoms with E-state index in [9.17, 15) is 4.79 Å². The molecule has 2 aromatic heterocycles. The Morgan fingerprint density at radius 3 is 2.79 bits per heavy atom. The Morgan fingerprint density at radius 2 is 2.21 bits per heavy atom. The van der Waals surface area contributed by atoms with Gasteiger partial charge in [0.15, 0.2) is 0 Å². The lowest BCUT2D eigenvalue weighted by molar-refractivity contribution is 0.0995. The number of nitrogens with two attached hydrogens (primary N) is 1. The summed E-state index contributed by atoms with van der Waals surface area (Å²) in [7, 11) is 0. The standard InChI is InChI=1S/C13H16N4O2/c1-7(12-8(2)17-19-9(12)3)16-10-4-5-15-11(6-10)13(14)18/h4-7H,1-3H3,(H2,14,18)(H,15,16). The van der Waals surface area contributed by atoms with Crippen molar-refractivity contribution in [2.24, 2.45) is 5.73 Å². The van der Waals surface area contributed by atoms with E-state index in [2.05, 4.69) is 15.5 Å². The smallest absolute Gasteiger partial charge is 0.267 e. The maximum Gasteiger partial charge on any atom is 0.267 e. The molecule has 100 valence electrons. The Morgan fingerprint density at radius 1 is 1.47 bits per heavy atom. The van der Waals surface area contributed by atoms with Crippen LogP contribution in [0.2, 0.25) is 0 Å². The summed E-state index contributed by atoms with van der Waals surface area (Å²) in [5.41, 5.74) is 8.07. The van der Waals surface area contributed by atoms with Gasteiger partial charge in [0.1, 0.15) is 11.5 Å². The van der Waals surface area contributed by atoms with Crippen molar-refractivity contribution in [3.8, 4) is 0 Å². The van der Waals surface area contributed by atoms with Crippen LogP contribution in [0.25, 0.3) is 0 Å². The number of carbonyl (C=O) groups excluding carboxylic acids is 1. The predicted molar refractivity (Wildman–Crippen MR) is 70.8 cm³/mol. The summed E-state index contributed by atoms with van der Waals surface area (Å²) in [6, 6.07) is 3.41. The summed E-state index contributed by atoms with van der Waals surface area (Å²) in [5.74, 6) is 0.232. The molecule has 0 aliphatic heterocycles. The Balaban J connectivity index is 2.22. The van der Waals surface area contributed by atoms with Crippen LogP contribution in [0.3, 0.4) is 0 Å². The molecule has 0 saturated heterocycles. The summed E-state index contributed by atoms with van der Waals surface area (Å²) in [4.78, 5) is 15.0. The Labute approximate surface area is 111 Å². The van der Waals surface area contributed by atoms with Gasteiger partial charge in [0.25, 0.3) is 5.91 Å². The largest absolute Gasteiger partial charge is 0.378 e. The molecule has 2 aromatic rings. The van der Waals surface area contributed by atoms with Crippen LogP contribution in [0, 0.1) is 13.8 Å². The number of anilines is 1. The van der Waals surface area contributed by atoms with E-state index in [0.717, 1.165) is 22.7 Å². The number of hydrogen-bond acceptors (Lipinski definition) is 5. The van der Waals surface area contributed by atoms with E-state index in [0.29, 0.717) is 0 Å². The molecule has 1 atom stereocenters. The Hall–Kier alpha value is -2.37. The van der Waals surface area contributed by atoms with Crippen molar-refractivity contribution < 1.29 is 9.32 Å². The molecule has 3 N–H and O–H groups in total. The SMILES string of the molecule is Cc1noc(C)c1C(C)Nc1ccnc(C(N)=O)c1. The average molecular weight is 260 g/mol. The third-order valence-corrected chi connectivity index (χ3v) is 2.92. The molecular weight excluding hydrogens is 244 g/mol. The first kappa shape index (κ1) is 13.1. The van der Waals surface area contributed by atoms with Crippen LogP contribution in [0.4, 0.5) is 5.69 Å². The summed E-state index contributed by atoms with van der Waals surface area (Å²) < 4.78 is 5.14. The van der Waals surface area contributed by atoms with Crippen LogP contribution in [-0.4, -0.2) is 16.0 Å². The maximum atomic E-state index is 11.1. The normalized spacial score (nSPS) is 12.2. The van der Waals surface area contributed by atoms with Crippen LogP contribution < -0.4 is 11.1 Å². The van der Waals surface area contributed by atoms with Crippen LogP contribution in [0.5, 0.6) is 0 Å². The molecule has 1 unspecified atom stereocenters. The molecule has 2 heterocycles. The molecule has 0 radical (unpaired) electrons. The van der Waals surface area contributed by atoms with Crippen LogP contribution >= 0.6 is 0 Å². The number of amides is 1. The molecule has 1 amide bonds. The van der Waals surface area contributed by atoms with Crippen molar-refractivity contribution >= 4 is 11.6 Å². The third-order valence-electron chi connectivity index (χ3n) is 2.92. The zero-order chi connectivity index (χ0) is 14.0. The second-order valence-corrected chi connectivity index (χ2v) is 4.40. The first-order valence-electron chi connectivity index (χ1n) is 5.94. The number of carbonyl (C=O) groups is 1. The fraction of sp³-hybridized carbons (Fsp3) is 0.308. The summed E-state index contributed by atoms with van der Waals surface area (Å²) in [5, 5.41) is 7.20. The van der Waals surface area contributed by atoms with E-state index in [4.69, 9.17) is 10.3 Å². The number of nitrogens with one attached hydrogen (secondary N) is 1. The van der Waals surface area contributed by atoms with E-state index >= 15 is 0 Å². The Bertz CT molecular complexity index is 587. The topological polar surface area (TPSA) is 94.0 Å². The zero-order valence-corrected chi connectivity index (χ0v) is 11.1. The molecule has 0 saturated carbocycles. The van der Waals surface area contributed by atoms with Crippen molar-refractivity contribution in [1.82, 2.24) is 10.1 Å². The number of aryl methyl sites for hydroxylation is 2. The molecule has 0 bridgehead atoms. The van der Waals surface area contributed by atoms with Gasteiger partial charge in [-0.3, -0.25) is 9.78 Å².